The molecule has 46 heavy (non-hydrogen) atoms. The third-order valence-corrected chi connectivity index (χ3v) is 9.56. The first kappa shape index (κ1) is 28.4. The van der Waals surface area contributed by atoms with Crippen LogP contribution < -0.4 is 0 Å². The molecule has 0 aliphatic carbocycles. The molecule has 0 bridgehead atoms. The van der Waals surface area contributed by atoms with Gasteiger partial charge in [-0.15, -0.1) is 0 Å². The van der Waals surface area contributed by atoms with Crippen LogP contribution in [0.4, 0.5) is 0 Å². The average molecular weight is 595 g/mol. The molecule has 0 amide bonds. The molecule has 0 saturated carbocycles. The van der Waals surface area contributed by atoms with Gasteiger partial charge in [-0.1, -0.05) is 139 Å². The molecule has 0 fully saturated rings. The van der Waals surface area contributed by atoms with Crippen molar-refractivity contribution in [3.05, 3.63) is 132 Å². The fraction of sp³-hybridized carbons (Fsp3) is 0.182. The molecule has 0 unspecified atom stereocenters. The lowest BCUT2D eigenvalue weighted by Gasteiger charge is -2.20. The van der Waals surface area contributed by atoms with Gasteiger partial charge in [0.1, 0.15) is 0 Å². The number of pyridine rings is 2. The summed E-state index contributed by atoms with van der Waals surface area (Å²) < 4.78 is 0. The highest BCUT2D eigenvalue weighted by molar-refractivity contribution is 6.10. The van der Waals surface area contributed by atoms with E-state index in [1.165, 1.54) is 43.4 Å². The minimum absolute atomic E-state index is 0.0674. The van der Waals surface area contributed by atoms with Crippen molar-refractivity contribution in [1.82, 2.24) is 9.97 Å². The van der Waals surface area contributed by atoms with Gasteiger partial charge in [-0.2, -0.15) is 0 Å². The lowest BCUT2D eigenvalue weighted by atomic mass is 9.85. The van der Waals surface area contributed by atoms with Gasteiger partial charge in [-0.25, -0.2) is 9.97 Å². The molecule has 6 aromatic carbocycles. The van der Waals surface area contributed by atoms with Crippen molar-refractivity contribution >= 4 is 54.1 Å². The highest BCUT2D eigenvalue weighted by Crippen LogP contribution is 2.38. The number of nitrogens with zero attached hydrogens (tertiary/aromatic N) is 2. The minimum atomic E-state index is 0.0674. The molecule has 0 aliphatic heterocycles. The number of rotatable bonds is 2. The lowest BCUT2D eigenvalue weighted by Crippen LogP contribution is -2.10. The normalized spacial score (nSPS) is 12.6. The monoisotopic (exact) mass is 594 g/mol. The summed E-state index contributed by atoms with van der Waals surface area (Å²) in [6.45, 7) is 13.6. The largest absolute Gasteiger partial charge is 0.247 e. The van der Waals surface area contributed by atoms with E-state index in [1.54, 1.807) is 0 Å². The summed E-state index contributed by atoms with van der Waals surface area (Å²) in [4.78, 5) is 10.7. The van der Waals surface area contributed by atoms with Crippen LogP contribution >= 0.6 is 0 Å². The topological polar surface area (TPSA) is 25.8 Å². The van der Waals surface area contributed by atoms with Crippen molar-refractivity contribution in [2.45, 2.75) is 52.4 Å². The summed E-state index contributed by atoms with van der Waals surface area (Å²) >= 11 is 0. The smallest absolute Gasteiger partial charge is 0.0787 e. The Bertz CT molecular complexity index is 2310. The maximum atomic E-state index is 5.34. The van der Waals surface area contributed by atoms with Crippen LogP contribution in [0.2, 0.25) is 0 Å². The molecule has 0 spiro atoms. The van der Waals surface area contributed by atoms with Gasteiger partial charge < -0.3 is 0 Å². The van der Waals surface area contributed by atoms with Crippen molar-refractivity contribution < 1.29 is 0 Å². The van der Waals surface area contributed by atoms with Gasteiger partial charge in [0.2, 0.25) is 0 Å². The Kier molecular flexibility index (Phi) is 6.31. The Morgan fingerprint density at radius 2 is 0.739 bits per heavy atom. The van der Waals surface area contributed by atoms with Gasteiger partial charge in [-0.05, 0) is 67.8 Å². The van der Waals surface area contributed by atoms with Gasteiger partial charge in [0.25, 0.3) is 0 Å². The number of aromatic nitrogens is 2. The summed E-state index contributed by atoms with van der Waals surface area (Å²) in [6, 6.07) is 44.3. The highest BCUT2D eigenvalue weighted by atomic mass is 14.7. The molecule has 8 aromatic rings. The van der Waals surface area contributed by atoms with Crippen LogP contribution in [0.5, 0.6) is 0 Å². The molecule has 2 heteroatoms. The van der Waals surface area contributed by atoms with Gasteiger partial charge in [0.15, 0.2) is 0 Å². The van der Waals surface area contributed by atoms with Crippen molar-refractivity contribution in [2.75, 3.05) is 0 Å². The van der Waals surface area contributed by atoms with E-state index in [0.29, 0.717) is 0 Å². The second kappa shape index (κ2) is 10.2. The zero-order chi connectivity index (χ0) is 31.8. The van der Waals surface area contributed by atoms with Crippen LogP contribution in [0.3, 0.4) is 0 Å². The van der Waals surface area contributed by atoms with E-state index in [-0.39, 0.29) is 10.8 Å². The SMILES string of the molecule is CC(C)(C)c1ccc2ccc3ccc(-c4ccc(-c5ccc6ccc7ccc(C(C)(C)C)cc7c6n5)c5ccccc45)nc3c2c1. The number of hydrogen-bond donors (Lipinski definition) is 0. The van der Waals surface area contributed by atoms with Gasteiger partial charge in [-0.3, -0.25) is 0 Å². The third kappa shape index (κ3) is 4.72. The number of fused-ring (bicyclic) bond motifs is 7. The summed E-state index contributed by atoms with van der Waals surface area (Å²) in [7, 11) is 0. The van der Waals surface area contributed by atoms with Crippen LogP contribution in [-0.2, 0) is 10.8 Å². The first-order valence-corrected chi connectivity index (χ1v) is 16.3. The molecular weight excluding hydrogens is 556 g/mol. The fourth-order valence-electron chi connectivity index (χ4n) is 6.79. The zero-order valence-electron chi connectivity index (χ0n) is 27.4. The van der Waals surface area contributed by atoms with Crippen LogP contribution in [0.1, 0.15) is 52.7 Å². The quantitative estimate of drug-likeness (QED) is 0.186. The number of hydrogen-bond acceptors (Lipinski definition) is 2. The van der Waals surface area contributed by atoms with Crippen LogP contribution in [0, 0.1) is 0 Å². The van der Waals surface area contributed by atoms with E-state index in [4.69, 9.17) is 9.97 Å². The van der Waals surface area contributed by atoms with E-state index < -0.39 is 0 Å². The molecule has 0 radical (unpaired) electrons. The molecule has 2 heterocycles. The predicted molar refractivity (Wildman–Crippen MR) is 198 cm³/mol. The average Bonchev–Trinajstić information content (AvgIpc) is 3.06. The fourth-order valence-corrected chi connectivity index (χ4v) is 6.79. The molecule has 0 N–H and O–H groups in total. The maximum Gasteiger partial charge on any atom is 0.0787 e. The van der Waals surface area contributed by atoms with E-state index in [2.05, 4.69) is 163 Å². The first-order chi connectivity index (χ1) is 22.0. The molecule has 2 aromatic heterocycles. The van der Waals surface area contributed by atoms with Gasteiger partial charge >= 0.3 is 0 Å². The van der Waals surface area contributed by atoms with Crippen LogP contribution in [0.15, 0.2) is 121 Å². The predicted octanol–water partition coefficient (Wildman–Crippen LogP) is 12.2. The molecule has 224 valence electrons. The van der Waals surface area contributed by atoms with E-state index >= 15 is 0 Å². The van der Waals surface area contributed by atoms with Gasteiger partial charge in [0, 0.05) is 32.7 Å². The first-order valence-electron chi connectivity index (χ1n) is 16.3. The zero-order valence-corrected chi connectivity index (χ0v) is 27.4. The Balaban J connectivity index is 1.31. The Hall–Kier alpha value is -5.08. The minimum Gasteiger partial charge on any atom is -0.247 e. The van der Waals surface area contributed by atoms with Crippen LogP contribution in [-0.4, -0.2) is 9.97 Å². The molecule has 0 atom stereocenters. The van der Waals surface area contributed by atoms with Crippen molar-refractivity contribution in [3.63, 3.8) is 0 Å². The van der Waals surface area contributed by atoms with Crippen molar-refractivity contribution in [3.8, 4) is 22.5 Å². The van der Waals surface area contributed by atoms with Crippen LogP contribution in [0.25, 0.3) is 76.6 Å². The van der Waals surface area contributed by atoms with E-state index in [0.717, 1.165) is 44.3 Å². The lowest BCUT2D eigenvalue weighted by molar-refractivity contribution is 0.591. The Morgan fingerprint density at radius 3 is 1.15 bits per heavy atom. The molecular formula is C44H38N2. The molecule has 0 aliphatic rings. The second-order valence-corrected chi connectivity index (χ2v) is 14.7. The highest BCUT2D eigenvalue weighted by Gasteiger charge is 2.18. The summed E-state index contributed by atoms with van der Waals surface area (Å²) in [5.41, 5.74) is 9.10. The second-order valence-electron chi connectivity index (χ2n) is 14.7. The van der Waals surface area contributed by atoms with E-state index in [1.807, 2.05) is 0 Å². The Labute approximate surface area is 270 Å². The number of benzene rings is 6. The summed E-state index contributed by atoms with van der Waals surface area (Å²) in [5.74, 6) is 0. The van der Waals surface area contributed by atoms with E-state index in [9.17, 15) is 0 Å². The summed E-state index contributed by atoms with van der Waals surface area (Å²) in [6.07, 6.45) is 0. The third-order valence-electron chi connectivity index (χ3n) is 9.56. The van der Waals surface area contributed by atoms with Crippen molar-refractivity contribution in [1.29, 1.82) is 0 Å². The van der Waals surface area contributed by atoms with Gasteiger partial charge in [0.05, 0.1) is 22.4 Å². The molecule has 2 nitrogen and oxygen atoms in total. The molecule has 8 rings (SSSR count). The van der Waals surface area contributed by atoms with Crippen molar-refractivity contribution in [2.24, 2.45) is 0 Å². The maximum absolute atomic E-state index is 5.34. The standard InChI is InChI=1S/C44H38N2/c1-43(2,3)31-19-15-27-11-13-29-17-23-39(45-41(29)37(27)25-31)35-21-22-36(34-10-8-7-9-33(34)35)40-24-18-30-14-12-28-16-20-32(44(4,5)6)26-38(28)42(30)46-40/h7-26H,1-6H3. The summed E-state index contributed by atoms with van der Waals surface area (Å²) in [5, 5.41) is 9.51. The molecule has 0 saturated heterocycles. The Morgan fingerprint density at radius 1 is 0.370 bits per heavy atom.